The Morgan fingerprint density at radius 2 is 2.00 bits per heavy atom. The van der Waals surface area contributed by atoms with Crippen LogP contribution in [0, 0.1) is 12.8 Å². The molecular weight excluding hydrogens is 122 g/mol. The monoisotopic (exact) mass is 135 g/mol. The van der Waals surface area contributed by atoms with Crippen molar-refractivity contribution < 1.29 is 8.78 Å². The summed E-state index contributed by atoms with van der Waals surface area (Å²) in [5.41, 5.74) is 0. The molecule has 0 rings (SSSR count). The fourth-order valence-electron chi connectivity index (χ4n) is 0.592. The van der Waals surface area contributed by atoms with Gasteiger partial charge in [-0.15, -0.1) is 0 Å². The van der Waals surface area contributed by atoms with E-state index in [-0.39, 0.29) is 0 Å². The highest BCUT2D eigenvalue weighted by Crippen LogP contribution is 2.15. The molecule has 1 unspecified atom stereocenters. The Hall–Kier alpha value is -0.140. The maximum absolute atomic E-state index is 11.7. The number of unbranched alkanes of at least 4 members (excludes halogenated alkanes) is 1. The summed E-state index contributed by atoms with van der Waals surface area (Å²) in [7, 11) is 0. The molecule has 1 radical (unpaired) electrons. The van der Waals surface area contributed by atoms with Gasteiger partial charge in [0.2, 0.25) is 6.43 Å². The number of rotatable bonds is 4. The van der Waals surface area contributed by atoms with E-state index < -0.39 is 12.3 Å². The van der Waals surface area contributed by atoms with Crippen LogP contribution in [-0.2, 0) is 0 Å². The number of hydrogen-bond donors (Lipinski definition) is 0. The minimum atomic E-state index is -2.16. The molecule has 0 aromatic rings. The van der Waals surface area contributed by atoms with Gasteiger partial charge < -0.3 is 0 Å². The van der Waals surface area contributed by atoms with Crippen molar-refractivity contribution in [3.63, 3.8) is 0 Å². The van der Waals surface area contributed by atoms with Crippen molar-refractivity contribution in [2.45, 2.75) is 32.6 Å². The van der Waals surface area contributed by atoms with Gasteiger partial charge in [-0.05, 0) is 6.42 Å². The third kappa shape index (κ3) is 4.37. The van der Waals surface area contributed by atoms with Crippen LogP contribution in [0.1, 0.15) is 26.2 Å². The maximum Gasteiger partial charge on any atom is 0.241 e. The molecule has 9 heavy (non-hydrogen) atoms. The molecule has 0 nitrogen and oxygen atoms in total. The SMILES string of the molecule is [CH2]CCCC(C)C(F)F. The average molecular weight is 135 g/mol. The van der Waals surface area contributed by atoms with E-state index in [1.165, 1.54) is 0 Å². The molecule has 2 heteroatoms. The smallest absolute Gasteiger partial charge is 0.210 e. The van der Waals surface area contributed by atoms with Crippen molar-refractivity contribution >= 4 is 0 Å². The Morgan fingerprint density at radius 3 is 2.33 bits per heavy atom. The van der Waals surface area contributed by atoms with E-state index in [1.54, 1.807) is 6.92 Å². The van der Waals surface area contributed by atoms with E-state index >= 15 is 0 Å². The molecule has 0 amide bonds. The van der Waals surface area contributed by atoms with E-state index in [0.717, 1.165) is 12.8 Å². The van der Waals surface area contributed by atoms with Crippen molar-refractivity contribution in [1.29, 1.82) is 0 Å². The van der Waals surface area contributed by atoms with E-state index in [1.807, 2.05) is 0 Å². The topological polar surface area (TPSA) is 0 Å². The van der Waals surface area contributed by atoms with Gasteiger partial charge in [0.25, 0.3) is 0 Å². The van der Waals surface area contributed by atoms with Gasteiger partial charge in [-0.2, -0.15) is 0 Å². The average Bonchev–Trinajstić information content (AvgIpc) is 1.82. The van der Waals surface area contributed by atoms with Crippen LogP contribution in [0.5, 0.6) is 0 Å². The second kappa shape index (κ2) is 4.71. The first-order valence-corrected chi connectivity index (χ1v) is 3.26. The highest BCUT2D eigenvalue weighted by molar-refractivity contribution is 4.55. The van der Waals surface area contributed by atoms with Crippen LogP contribution in [0.15, 0.2) is 0 Å². The molecule has 0 fully saturated rings. The summed E-state index contributed by atoms with van der Waals surface area (Å²) in [4.78, 5) is 0. The number of alkyl halides is 2. The van der Waals surface area contributed by atoms with Gasteiger partial charge in [-0.25, -0.2) is 8.78 Å². The lowest BCUT2D eigenvalue weighted by molar-refractivity contribution is 0.0810. The van der Waals surface area contributed by atoms with Crippen LogP contribution in [0.2, 0.25) is 0 Å². The predicted molar refractivity (Wildman–Crippen MR) is 34.4 cm³/mol. The minimum Gasteiger partial charge on any atom is -0.210 e. The van der Waals surface area contributed by atoms with Crippen LogP contribution in [0.3, 0.4) is 0 Å². The second-order valence-corrected chi connectivity index (χ2v) is 2.31. The zero-order valence-electron chi connectivity index (χ0n) is 5.74. The first kappa shape index (κ1) is 8.86. The summed E-state index contributed by atoms with van der Waals surface area (Å²) < 4.78 is 23.5. The molecule has 0 aliphatic heterocycles. The number of hydrogen-bond acceptors (Lipinski definition) is 0. The molecule has 0 aromatic heterocycles. The lowest BCUT2D eigenvalue weighted by Crippen LogP contribution is -2.05. The van der Waals surface area contributed by atoms with Crippen LogP contribution < -0.4 is 0 Å². The molecule has 0 aliphatic rings. The zero-order valence-corrected chi connectivity index (χ0v) is 5.74. The molecule has 55 valence electrons. The van der Waals surface area contributed by atoms with Crippen LogP contribution >= 0.6 is 0 Å². The predicted octanol–water partition coefficient (Wildman–Crippen LogP) is 2.89. The maximum atomic E-state index is 11.7. The molecule has 0 N–H and O–H groups in total. The molecule has 0 saturated heterocycles. The minimum absolute atomic E-state index is 0.452. The lowest BCUT2D eigenvalue weighted by atomic mass is 10.1. The van der Waals surface area contributed by atoms with E-state index in [0.29, 0.717) is 6.42 Å². The van der Waals surface area contributed by atoms with Crippen molar-refractivity contribution in [2.75, 3.05) is 0 Å². The summed E-state index contributed by atoms with van der Waals surface area (Å²) in [6.07, 6.45) is 0.0144. The molecule has 0 spiro atoms. The third-order valence-electron chi connectivity index (χ3n) is 1.34. The largest absolute Gasteiger partial charge is 0.241 e. The normalized spacial score (nSPS) is 14.3. The summed E-state index contributed by atoms with van der Waals surface area (Å²) in [5.74, 6) is -0.452. The fraction of sp³-hybridized carbons (Fsp3) is 0.857. The zero-order chi connectivity index (χ0) is 7.28. The third-order valence-corrected chi connectivity index (χ3v) is 1.34. The van der Waals surface area contributed by atoms with Crippen LogP contribution in [0.4, 0.5) is 8.78 Å². The van der Waals surface area contributed by atoms with Gasteiger partial charge in [0.1, 0.15) is 0 Å². The highest BCUT2D eigenvalue weighted by atomic mass is 19.3. The first-order valence-electron chi connectivity index (χ1n) is 3.26. The van der Waals surface area contributed by atoms with Crippen LogP contribution in [0.25, 0.3) is 0 Å². The molecule has 0 aliphatic carbocycles. The van der Waals surface area contributed by atoms with Gasteiger partial charge in [0.15, 0.2) is 0 Å². The van der Waals surface area contributed by atoms with Gasteiger partial charge in [0, 0.05) is 5.92 Å². The lowest BCUT2D eigenvalue weighted by Gasteiger charge is -2.07. The summed E-state index contributed by atoms with van der Waals surface area (Å²) >= 11 is 0. The Morgan fingerprint density at radius 1 is 1.44 bits per heavy atom. The summed E-state index contributed by atoms with van der Waals surface area (Å²) in [5, 5.41) is 0. The molecule has 1 atom stereocenters. The van der Waals surface area contributed by atoms with E-state index in [4.69, 9.17) is 0 Å². The Bertz CT molecular complexity index is 61.9. The van der Waals surface area contributed by atoms with Crippen molar-refractivity contribution in [1.82, 2.24) is 0 Å². The second-order valence-electron chi connectivity index (χ2n) is 2.31. The molecule has 0 aromatic carbocycles. The van der Waals surface area contributed by atoms with Crippen LogP contribution in [-0.4, -0.2) is 6.43 Å². The molecule has 0 bridgehead atoms. The quantitative estimate of drug-likeness (QED) is 0.556. The van der Waals surface area contributed by atoms with Gasteiger partial charge >= 0.3 is 0 Å². The van der Waals surface area contributed by atoms with Gasteiger partial charge in [0.05, 0.1) is 0 Å². The number of halogens is 2. The highest BCUT2D eigenvalue weighted by Gasteiger charge is 2.12. The Balaban J connectivity index is 3.16. The first-order chi connectivity index (χ1) is 4.18. The summed E-state index contributed by atoms with van der Waals surface area (Å²) in [6, 6.07) is 0. The van der Waals surface area contributed by atoms with Gasteiger partial charge in [-0.3, -0.25) is 0 Å². The van der Waals surface area contributed by atoms with Crippen molar-refractivity contribution in [2.24, 2.45) is 5.92 Å². The Kier molecular flexibility index (Phi) is 4.64. The fourth-order valence-corrected chi connectivity index (χ4v) is 0.592. The Labute approximate surface area is 55.3 Å². The van der Waals surface area contributed by atoms with E-state index in [9.17, 15) is 8.78 Å². The van der Waals surface area contributed by atoms with Crippen molar-refractivity contribution in [3.05, 3.63) is 6.92 Å². The van der Waals surface area contributed by atoms with Gasteiger partial charge in [-0.1, -0.05) is 26.7 Å². The standard InChI is InChI=1S/C7H13F2/c1-3-4-5-6(2)7(8)9/h6-7H,1,3-5H2,2H3. The molecule has 0 saturated carbocycles. The molecular formula is C7H13F2. The van der Waals surface area contributed by atoms with Crippen molar-refractivity contribution in [3.8, 4) is 0 Å². The molecule has 0 heterocycles. The summed E-state index contributed by atoms with van der Waals surface area (Å²) in [6.45, 7) is 5.14. The van der Waals surface area contributed by atoms with E-state index in [2.05, 4.69) is 6.92 Å².